The molecule has 0 unspecified atom stereocenters. The van der Waals surface area contributed by atoms with Gasteiger partial charge in [-0.05, 0) is 48.6 Å². The highest BCUT2D eigenvalue weighted by atomic mass is 35.5. The largest absolute Gasteiger partial charge is 0.496 e. The summed E-state index contributed by atoms with van der Waals surface area (Å²) in [6, 6.07) is 10.7. The fourth-order valence-electron chi connectivity index (χ4n) is 2.86. The topological polar surface area (TPSA) is 76.7 Å². The Balaban J connectivity index is 2.19. The SMILES string of the molecule is [B]c1ccc(OC)c(CCc2c(Cl)cccc2C(=O)NC(N)=NCCCC)c1. The minimum Gasteiger partial charge on any atom is -0.496 e. The van der Waals surface area contributed by atoms with Crippen LogP contribution in [0.15, 0.2) is 41.4 Å². The second kappa shape index (κ2) is 10.8. The number of carbonyl (C=O) groups is 1. The fourth-order valence-corrected chi connectivity index (χ4v) is 3.13. The number of aryl methyl sites for hydroxylation is 1. The number of guanidine groups is 1. The second-order valence-corrected chi connectivity index (χ2v) is 6.82. The van der Waals surface area contributed by atoms with Crippen molar-refractivity contribution < 1.29 is 9.53 Å². The molecule has 146 valence electrons. The molecule has 0 spiro atoms. The average molecular weight is 398 g/mol. The first-order valence-electron chi connectivity index (χ1n) is 9.27. The minimum atomic E-state index is -0.324. The van der Waals surface area contributed by atoms with Crippen molar-refractivity contribution in [1.82, 2.24) is 5.32 Å². The molecule has 3 N–H and O–H groups in total. The van der Waals surface area contributed by atoms with Crippen molar-refractivity contribution in [2.75, 3.05) is 13.7 Å². The van der Waals surface area contributed by atoms with E-state index in [2.05, 4.69) is 17.2 Å². The summed E-state index contributed by atoms with van der Waals surface area (Å²) in [5, 5.41) is 3.16. The first kappa shape index (κ1) is 21.8. The Hall–Kier alpha value is -2.47. The predicted molar refractivity (Wildman–Crippen MR) is 116 cm³/mol. The standard InChI is InChI=1S/C21H25BClN3O2/c1-3-4-12-25-21(24)26-20(27)17-6-5-7-18(23)16(17)10-8-14-13-15(22)9-11-19(14)28-2/h5-7,9,11,13H,3-4,8,10,12H2,1-2H3,(H3,24,25,26,27). The van der Waals surface area contributed by atoms with E-state index in [9.17, 15) is 4.79 Å². The predicted octanol–water partition coefficient (Wildman–Crippen LogP) is 2.77. The van der Waals surface area contributed by atoms with Crippen LogP contribution in [0.5, 0.6) is 5.75 Å². The number of methoxy groups -OCH3 is 1. The smallest absolute Gasteiger partial charge is 0.258 e. The quantitative estimate of drug-likeness (QED) is 0.311. The molecule has 0 fully saturated rings. The summed E-state index contributed by atoms with van der Waals surface area (Å²) >= 11 is 6.39. The molecule has 2 radical (unpaired) electrons. The number of carbonyl (C=O) groups excluding carboxylic acids is 1. The van der Waals surface area contributed by atoms with E-state index in [1.54, 1.807) is 31.4 Å². The van der Waals surface area contributed by atoms with Gasteiger partial charge in [0.1, 0.15) is 13.6 Å². The lowest BCUT2D eigenvalue weighted by atomic mass is 9.91. The van der Waals surface area contributed by atoms with Gasteiger partial charge in [0.15, 0.2) is 5.96 Å². The molecule has 0 heterocycles. The van der Waals surface area contributed by atoms with Crippen LogP contribution in [0.2, 0.25) is 5.02 Å². The van der Waals surface area contributed by atoms with Crippen molar-refractivity contribution in [3.8, 4) is 5.75 Å². The highest BCUT2D eigenvalue weighted by molar-refractivity contribution is 6.32. The van der Waals surface area contributed by atoms with E-state index >= 15 is 0 Å². The lowest BCUT2D eigenvalue weighted by molar-refractivity contribution is 0.0975. The number of nitrogens with two attached hydrogens (primary N) is 1. The molecule has 2 aromatic carbocycles. The van der Waals surface area contributed by atoms with Crippen molar-refractivity contribution >= 4 is 36.8 Å². The van der Waals surface area contributed by atoms with E-state index in [1.807, 2.05) is 12.1 Å². The zero-order valence-corrected chi connectivity index (χ0v) is 17.1. The van der Waals surface area contributed by atoms with Crippen LogP contribution in [-0.2, 0) is 12.8 Å². The molecule has 0 aliphatic heterocycles. The maximum absolute atomic E-state index is 12.7. The molecule has 7 heteroatoms. The van der Waals surface area contributed by atoms with E-state index in [1.165, 1.54) is 0 Å². The molecule has 0 saturated carbocycles. The Labute approximate surface area is 172 Å². The first-order chi connectivity index (χ1) is 13.5. The fraction of sp³-hybridized carbons (Fsp3) is 0.333. The van der Waals surface area contributed by atoms with Gasteiger partial charge in [-0.15, -0.1) is 0 Å². The number of halogens is 1. The second-order valence-electron chi connectivity index (χ2n) is 6.41. The highest BCUT2D eigenvalue weighted by Crippen LogP contribution is 2.24. The number of benzene rings is 2. The summed E-state index contributed by atoms with van der Waals surface area (Å²) in [5.41, 5.74) is 8.64. The van der Waals surface area contributed by atoms with Crippen molar-refractivity contribution in [3.63, 3.8) is 0 Å². The maximum atomic E-state index is 12.7. The van der Waals surface area contributed by atoms with Gasteiger partial charge in [-0.1, -0.05) is 48.6 Å². The van der Waals surface area contributed by atoms with Gasteiger partial charge in [0.2, 0.25) is 0 Å². The third-order valence-corrected chi connectivity index (χ3v) is 4.70. The Kier molecular flexibility index (Phi) is 8.39. The van der Waals surface area contributed by atoms with E-state index < -0.39 is 0 Å². The molecular weight excluding hydrogens is 373 g/mol. The Morgan fingerprint density at radius 3 is 2.79 bits per heavy atom. The van der Waals surface area contributed by atoms with Crippen molar-refractivity contribution in [1.29, 1.82) is 0 Å². The Morgan fingerprint density at radius 1 is 1.29 bits per heavy atom. The number of unbranched alkanes of at least 4 members (excludes halogenated alkanes) is 1. The van der Waals surface area contributed by atoms with Crippen LogP contribution in [0.3, 0.4) is 0 Å². The molecule has 0 bridgehead atoms. The number of amides is 1. The molecular formula is C21H25BClN3O2. The number of hydrogen-bond donors (Lipinski definition) is 2. The molecule has 28 heavy (non-hydrogen) atoms. The van der Waals surface area contributed by atoms with Crippen LogP contribution >= 0.6 is 11.6 Å². The Bertz CT molecular complexity index is 856. The van der Waals surface area contributed by atoms with Gasteiger partial charge >= 0.3 is 0 Å². The normalized spacial score (nSPS) is 11.3. The summed E-state index contributed by atoms with van der Waals surface area (Å²) in [5.74, 6) is 0.538. The highest BCUT2D eigenvalue weighted by Gasteiger charge is 2.16. The van der Waals surface area contributed by atoms with Gasteiger partial charge in [0.25, 0.3) is 5.91 Å². The zero-order chi connectivity index (χ0) is 20.5. The van der Waals surface area contributed by atoms with E-state index in [-0.39, 0.29) is 11.9 Å². The number of rotatable bonds is 8. The van der Waals surface area contributed by atoms with Crippen LogP contribution in [0, 0.1) is 0 Å². The van der Waals surface area contributed by atoms with E-state index in [0.717, 1.165) is 29.7 Å². The first-order valence-corrected chi connectivity index (χ1v) is 9.65. The van der Waals surface area contributed by atoms with E-state index in [4.69, 9.17) is 29.9 Å². The maximum Gasteiger partial charge on any atom is 0.258 e. The summed E-state index contributed by atoms with van der Waals surface area (Å²) < 4.78 is 5.40. The molecule has 2 aromatic rings. The van der Waals surface area contributed by atoms with Crippen LogP contribution in [0.4, 0.5) is 0 Å². The zero-order valence-electron chi connectivity index (χ0n) is 16.3. The molecule has 2 rings (SSSR count). The molecule has 0 aromatic heterocycles. The average Bonchev–Trinajstić information content (AvgIpc) is 2.67. The van der Waals surface area contributed by atoms with Gasteiger partial charge in [-0.25, -0.2) is 0 Å². The Morgan fingerprint density at radius 2 is 2.07 bits per heavy atom. The lowest BCUT2D eigenvalue weighted by Gasteiger charge is -2.14. The summed E-state index contributed by atoms with van der Waals surface area (Å²) in [7, 11) is 7.51. The van der Waals surface area contributed by atoms with E-state index in [0.29, 0.717) is 35.4 Å². The molecule has 5 nitrogen and oxygen atoms in total. The van der Waals surface area contributed by atoms with Crippen molar-refractivity contribution in [2.24, 2.45) is 10.7 Å². The number of hydrogen-bond acceptors (Lipinski definition) is 3. The summed E-state index contributed by atoms with van der Waals surface area (Å²) in [6.45, 7) is 2.65. The van der Waals surface area contributed by atoms with Gasteiger partial charge < -0.3 is 10.5 Å². The van der Waals surface area contributed by atoms with Crippen LogP contribution in [-0.4, -0.2) is 33.4 Å². The third-order valence-electron chi connectivity index (χ3n) is 4.35. The molecule has 0 saturated heterocycles. The van der Waals surface area contributed by atoms with Crippen LogP contribution < -0.4 is 21.3 Å². The number of nitrogens with zero attached hydrogens (tertiary/aromatic N) is 1. The van der Waals surface area contributed by atoms with Crippen molar-refractivity contribution in [3.05, 3.63) is 58.1 Å². The lowest BCUT2D eigenvalue weighted by Crippen LogP contribution is -2.37. The molecule has 1 amide bonds. The van der Waals surface area contributed by atoms with Crippen molar-refractivity contribution in [2.45, 2.75) is 32.6 Å². The number of ether oxygens (including phenoxy) is 1. The summed E-state index contributed by atoms with van der Waals surface area (Å²) in [4.78, 5) is 16.8. The van der Waals surface area contributed by atoms with Gasteiger partial charge in [0.05, 0.1) is 7.11 Å². The number of aliphatic imine (C=N–C) groups is 1. The molecule has 0 aliphatic carbocycles. The number of nitrogens with one attached hydrogen (secondary N) is 1. The van der Waals surface area contributed by atoms with Gasteiger partial charge in [-0.2, -0.15) is 0 Å². The van der Waals surface area contributed by atoms with Gasteiger partial charge in [0, 0.05) is 17.1 Å². The van der Waals surface area contributed by atoms with Crippen LogP contribution in [0.25, 0.3) is 0 Å². The molecule has 0 aliphatic rings. The van der Waals surface area contributed by atoms with Crippen LogP contribution in [0.1, 0.15) is 41.3 Å². The van der Waals surface area contributed by atoms with Gasteiger partial charge in [-0.3, -0.25) is 15.1 Å². The third kappa shape index (κ3) is 6.03. The monoisotopic (exact) mass is 397 g/mol. The minimum absolute atomic E-state index is 0.113. The summed E-state index contributed by atoms with van der Waals surface area (Å²) in [6.07, 6.45) is 3.10. The molecule has 0 atom stereocenters.